The zero-order valence-corrected chi connectivity index (χ0v) is 20.9. The number of hydrogen-bond donors (Lipinski definition) is 0. The van der Waals surface area contributed by atoms with Crippen LogP contribution in [0.3, 0.4) is 0 Å². The van der Waals surface area contributed by atoms with E-state index in [1.807, 2.05) is 0 Å². The molecule has 0 saturated heterocycles. The minimum absolute atomic E-state index is 0. The van der Waals surface area contributed by atoms with Crippen LogP contribution in [0.4, 0.5) is 0 Å². The number of allylic oxidation sites excluding steroid dienone is 4. The van der Waals surface area contributed by atoms with Crippen molar-refractivity contribution in [1.82, 2.24) is 0 Å². The summed E-state index contributed by atoms with van der Waals surface area (Å²) < 4.78 is 0. The number of hydrogen-bond acceptors (Lipinski definition) is 0. The molecule has 1 saturated carbocycles. The molecule has 28 heavy (non-hydrogen) atoms. The van der Waals surface area contributed by atoms with Crippen molar-refractivity contribution < 1.29 is 58.9 Å². The molecule has 0 spiro atoms. The largest absolute Gasteiger partial charge is 4.00 e. The maximum absolute atomic E-state index is 2.59. The van der Waals surface area contributed by atoms with Crippen molar-refractivity contribution in [2.24, 2.45) is 17.8 Å². The van der Waals surface area contributed by atoms with Crippen LogP contribution in [0, 0.1) is 24.2 Å². The topological polar surface area (TPSA) is 0 Å². The standard InChI is InChI=1S/C23H25Si.3ClH.Ti/c1-18-17-19-11-9-10-16-22(19)23(18)24(2,20-12-5-3-6-13-20)21-14-7-4-8-15-21;;;;/h3-19,22-23H,1-2H3;3*1H;/q-1;;;;+4/p-3. The summed E-state index contributed by atoms with van der Waals surface area (Å²) in [6.45, 7) is 5.02. The Morgan fingerprint density at radius 3 is 1.71 bits per heavy atom. The first-order valence-electron chi connectivity index (χ1n) is 9.02. The molecule has 4 atom stereocenters. The average Bonchev–Trinajstić information content (AvgIpc) is 2.99. The summed E-state index contributed by atoms with van der Waals surface area (Å²) in [7, 11) is -1.86. The molecule has 146 valence electrons. The van der Waals surface area contributed by atoms with Crippen molar-refractivity contribution >= 4 is 18.4 Å². The number of halogens is 3. The Balaban J connectivity index is 0.00000182. The second-order valence-corrected chi connectivity index (χ2v) is 11.7. The van der Waals surface area contributed by atoms with E-state index in [0.717, 1.165) is 0 Å². The molecule has 5 heteroatoms. The van der Waals surface area contributed by atoms with Gasteiger partial charge >= 0.3 is 21.7 Å². The Bertz CT molecular complexity index is 724. The molecule has 0 bridgehead atoms. The first kappa shape index (κ1) is 27.7. The fraction of sp³-hybridized carbons (Fsp3) is 0.261. The van der Waals surface area contributed by atoms with Crippen LogP contribution in [-0.2, 0) is 21.7 Å². The summed E-state index contributed by atoms with van der Waals surface area (Å²) in [6, 6.07) is 22.6. The van der Waals surface area contributed by atoms with Crippen molar-refractivity contribution in [2.75, 3.05) is 0 Å². The molecule has 0 nitrogen and oxygen atoms in total. The first-order chi connectivity index (χ1) is 11.7. The Kier molecular flexibility index (Phi) is 11.7. The van der Waals surface area contributed by atoms with E-state index < -0.39 is 8.07 Å². The van der Waals surface area contributed by atoms with E-state index in [-0.39, 0.29) is 58.9 Å². The molecule has 4 rings (SSSR count). The Hall–Kier alpha value is -0.279. The zero-order valence-electron chi connectivity index (χ0n) is 16.1. The molecule has 4 unspecified atom stereocenters. The maximum atomic E-state index is 2.59. The van der Waals surface area contributed by atoms with Crippen LogP contribution in [0.15, 0.2) is 85.0 Å². The van der Waals surface area contributed by atoms with E-state index >= 15 is 0 Å². The molecule has 0 N–H and O–H groups in total. The fourth-order valence-electron chi connectivity index (χ4n) is 5.04. The summed E-state index contributed by atoms with van der Waals surface area (Å²) in [6.07, 6.45) is 11.9. The summed E-state index contributed by atoms with van der Waals surface area (Å²) in [5.41, 5.74) is 0.702. The van der Waals surface area contributed by atoms with Crippen molar-refractivity contribution in [1.29, 1.82) is 0 Å². The van der Waals surface area contributed by atoms with E-state index in [9.17, 15) is 0 Å². The molecule has 0 amide bonds. The summed E-state index contributed by atoms with van der Waals surface area (Å²) in [5.74, 6) is 1.89. The minimum Gasteiger partial charge on any atom is -1.00 e. The van der Waals surface area contributed by atoms with E-state index in [1.165, 1.54) is 0 Å². The van der Waals surface area contributed by atoms with Crippen molar-refractivity contribution in [2.45, 2.75) is 19.0 Å². The van der Waals surface area contributed by atoms with Crippen molar-refractivity contribution in [3.8, 4) is 0 Å². The van der Waals surface area contributed by atoms with Gasteiger partial charge < -0.3 is 43.6 Å². The van der Waals surface area contributed by atoms with Gasteiger partial charge in [-0.2, -0.15) is 5.92 Å². The summed E-state index contributed by atoms with van der Waals surface area (Å²) in [5, 5.41) is 3.12. The molecule has 2 aliphatic carbocycles. The minimum atomic E-state index is -1.86. The van der Waals surface area contributed by atoms with Crippen LogP contribution in [0.25, 0.3) is 0 Å². The van der Waals surface area contributed by atoms with Crippen molar-refractivity contribution in [3.05, 3.63) is 91.4 Å². The third kappa shape index (κ3) is 4.89. The number of benzene rings is 2. The molecule has 0 radical (unpaired) electrons. The Labute approximate surface area is 204 Å². The molecule has 0 heterocycles. The predicted octanol–water partition coefficient (Wildman–Crippen LogP) is -4.53. The van der Waals surface area contributed by atoms with E-state index in [1.54, 1.807) is 10.4 Å². The molecule has 2 aromatic carbocycles. The van der Waals surface area contributed by atoms with Crippen LogP contribution >= 0.6 is 0 Å². The monoisotopic (exact) mass is 482 g/mol. The van der Waals surface area contributed by atoms with Crippen LogP contribution in [0.5, 0.6) is 0 Å². The smallest absolute Gasteiger partial charge is 1.00 e. The molecule has 2 aliphatic rings. The summed E-state index contributed by atoms with van der Waals surface area (Å²) in [4.78, 5) is 0. The van der Waals surface area contributed by atoms with Gasteiger partial charge in [0, 0.05) is 0 Å². The Morgan fingerprint density at radius 1 is 0.750 bits per heavy atom. The quantitative estimate of drug-likeness (QED) is 0.305. The SMILES string of the molecule is CC1[CH-]C2C=CC=CC2C1[Si](C)(c1ccccc1)c1ccccc1.[Cl-].[Cl-].[Cl-].[Ti+4]. The maximum Gasteiger partial charge on any atom is 4.00 e. The van der Waals surface area contributed by atoms with Gasteiger partial charge in [-0.15, -0.1) is 12.0 Å². The van der Waals surface area contributed by atoms with Crippen LogP contribution in [0.2, 0.25) is 12.1 Å². The van der Waals surface area contributed by atoms with Gasteiger partial charge in [0.2, 0.25) is 0 Å². The van der Waals surface area contributed by atoms with E-state index in [2.05, 4.69) is 105 Å². The third-order valence-corrected chi connectivity index (χ3v) is 11.5. The van der Waals surface area contributed by atoms with Crippen molar-refractivity contribution in [3.63, 3.8) is 0 Å². The van der Waals surface area contributed by atoms with Gasteiger partial charge in [0.05, 0.1) is 0 Å². The predicted molar refractivity (Wildman–Crippen MR) is 106 cm³/mol. The van der Waals surface area contributed by atoms with Gasteiger partial charge in [-0.05, 0) is 5.92 Å². The van der Waals surface area contributed by atoms with Crippen LogP contribution in [0.1, 0.15) is 6.92 Å². The van der Waals surface area contributed by atoms with Crippen LogP contribution in [-0.4, -0.2) is 8.07 Å². The molecular weight excluding hydrogens is 459 g/mol. The number of fused-ring (bicyclic) bond motifs is 1. The van der Waals surface area contributed by atoms with Gasteiger partial charge in [0.25, 0.3) is 0 Å². The molecule has 1 fully saturated rings. The molecular formula is C23H25Cl3SiTi. The van der Waals surface area contributed by atoms with E-state index in [4.69, 9.17) is 0 Å². The normalized spacial score (nSPS) is 24.6. The zero-order chi connectivity index (χ0) is 16.6. The van der Waals surface area contributed by atoms with E-state index in [0.29, 0.717) is 23.3 Å². The molecule has 2 aromatic rings. The van der Waals surface area contributed by atoms with Gasteiger partial charge in [0.1, 0.15) is 8.07 Å². The Morgan fingerprint density at radius 2 is 1.21 bits per heavy atom. The molecule has 0 aromatic heterocycles. The third-order valence-electron chi connectivity index (χ3n) is 6.14. The first-order valence-corrected chi connectivity index (χ1v) is 11.6. The van der Waals surface area contributed by atoms with Gasteiger partial charge in [-0.1, -0.05) is 108 Å². The number of rotatable bonds is 3. The van der Waals surface area contributed by atoms with Crippen LogP contribution < -0.4 is 47.6 Å². The van der Waals surface area contributed by atoms with Gasteiger partial charge in [-0.25, -0.2) is 0 Å². The van der Waals surface area contributed by atoms with Gasteiger partial charge in [0.15, 0.2) is 0 Å². The second kappa shape index (κ2) is 11.8. The summed E-state index contributed by atoms with van der Waals surface area (Å²) >= 11 is 0. The average molecular weight is 484 g/mol. The molecule has 0 aliphatic heterocycles. The second-order valence-electron chi connectivity index (χ2n) is 7.44. The van der Waals surface area contributed by atoms with Gasteiger partial charge in [-0.3, -0.25) is 0 Å². The fourth-order valence-corrected chi connectivity index (χ4v) is 10.2.